The Labute approximate surface area is 193 Å². The van der Waals surface area contributed by atoms with Gasteiger partial charge in [0, 0.05) is 13.1 Å². The molecular formula is C22H24N6O2S2. The number of aryl methyl sites for hydroxylation is 2. The highest BCUT2D eigenvalue weighted by atomic mass is 32.2. The van der Waals surface area contributed by atoms with Crippen molar-refractivity contribution in [2.24, 2.45) is 0 Å². The van der Waals surface area contributed by atoms with Crippen molar-refractivity contribution >= 4 is 57.4 Å². The molecule has 4 N–H and O–H groups in total. The summed E-state index contributed by atoms with van der Waals surface area (Å²) in [6, 6.07) is 12.0. The van der Waals surface area contributed by atoms with Crippen LogP contribution in [0.3, 0.4) is 0 Å². The van der Waals surface area contributed by atoms with E-state index in [0.717, 1.165) is 33.2 Å². The van der Waals surface area contributed by atoms with E-state index in [1.807, 2.05) is 50.2 Å². The first-order valence-electron chi connectivity index (χ1n) is 10.2. The molecule has 0 aliphatic heterocycles. The maximum atomic E-state index is 12.0. The highest BCUT2D eigenvalue weighted by Gasteiger charge is 2.09. The molecule has 8 nitrogen and oxygen atoms in total. The topological polar surface area (TPSA) is 116 Å². The Morgan fingerprint density at radius 1 is 0.781 bits per heavy atom. The number of aromatic nitrogens is 4. The Hall–Kier alpha value is -2.98. The third kappa shape index (κ3) is 5.83. The molecule has 0 spiro atoms. The third-order valence-electron chi connectivity index (χ3n) is 4.68. The average molecular weight is 469 g/mol. The fraction of sp³-hybridized carbons (Fsp3) is 0.273. The molecule has 0 aliphatic rings. The number of nitrogens with zero attached hydrogens (tertiary/aromatic N) is 2. The monoisotopic (exact) mass is 468 g/mol. The number of thioether (sulfide) groups is 2. The van der Waals surface area contributed by atoms with Gasteiger partial charge in [0.2, 0.25) is 11.8 Å². The molecule has 2 aromatic carbocycles. The Balaban J connectivity index is 1.12. The minimum absolute atomic E-state index is 0.104. The zero-order valence-corrected chi connectivity index (χ0v) is 19.5. The first-order valence-corrected chi connectivity index (χ1v) is 12.1. The van der Waals surface area contributed by atoms with Gasteiger partial charge in [-0.1, -0.05) is 35.7 Å². The van der Waals surface area contributed by atoms with Crippen LogP contribution in [0.2, 0.25) is 0 Å². The Bertz CT molecular complexity index is 1170. The minimum atomic E-state index is -0.104. The molecule has 0 radical (unpaired) electrons. The zero-order valence-electron chi connectivity index (χ0n) is 17.8. The van der Waals surface area contributed by atoms with Crippen molar-refractivity contribution in [3.05, 3.63) is 47.5 Å². The van der Waals surface area contributed by atoms with Gasteiger partial charge >= 0.3 is 0 Å². The molecule has 0 aliphatic carbocycles. The smallest absolute Gasteiger partial charge is 0.230 e. The molecule has 10 heteroatoms. The summed E-state index contributed by atoms with van der Waals surface area (Å²) in [6.45, 7) is 4.80. The lowest BCUT2D eigenvalue weighted by Crippen LogP contribution is -2.36. The van der Waals surface area contributed by atoms with Crippen LogP contribution in [-0.4, -0.2) is 56.3 Å². The lowest BCUT2D eigenvalue weighted by molar-refractivity contribution is -0.120. The van der Waals surface area contributed by atoms with Gasteiger partial charge in [-0.05, 0) is 49.2 Å². The number of benzene rings is 2. The van der Waals surface area contributed by atoms with E-state index in [1.54, 1.807) is 0 Å². The van der Waals surface area contributed by atoms with Crippen LogP contribution in [0.4, 0.5) is 0 Å². The number of hydrogen-bond donors (Lipinski definition) is 4. The summed E-state index contributed by atoms with van der Waals surface area (Å²) in [5.41, 5.74) is 6.01. The molecule has 0 bridgehead atoms. The summed E-state index contributed by atoms with van der Waals surface area (Å²) in [7, 11) is 0. The fourth-order valence-corrected chi connectivity index (χ4v) is 4.54. The molecular weight excluding hydrogens is 444 g/mol. The van der Waals surface area contributed by atoms with Crippen LogP contribution >= 0.6 is 23.5 Å². The van der Waals surface area contributed by atoms with E-state index >= 15 is 0 Å². The maximum Gasteiger partial charge on any atom is 0.230 e. The minimum Gasteiger partial charge on any atom is -0.354 e. The zero-order chi connectivity index (χ0) is 22.5. The number of nitrogens with one attached hydrogen (secondary N) is 4. The lowest BCUT2D eigenvalue weighted by Gasteiger charge is -2.06. The SMILES string of the molecule is Cc1ccc2nc(SCC(=O)NCCNC(=O)CSc3nc4ccc(C)cc4[nH]3)[nH]c2c1. The van der Waals surface area contributed by atoms with E-state index in [1.165, 1.54) is 23.5 Å². The number of H-pyrrole nitrogens is 2. The van der Waals surface area contributed by atoms with Gasteiger partial charge in [0.1, 0.15) is 0 Å². The van der Waals surface area contributed by atoms with Crippen molar-refractivity contribution in [3.63, 3.8) is 0 Å². The predicted molar refractivity (Wildman–Crippen MR) is 129 cm³/mol. The Morgan fingerprint density at radius 3 is 1.66 bits per heavy atom. The summed E-state index contributed by atoms with van der Waals surface area (Å²) in [5, 5.41) is 7.04. The molecule has 2 aromatic heterocycles. The summed E-state index contributed by atoms with van der Waals surface area (Å²) in [5.74, 6) is 0.308. The number of carbonyl (C=O) groups excluding carboxylic acids is 2. The van der Waals surface area contributed by atoms with Crippen LogP contribution in [0.5, 0.6) is 0 Å². The molecule has 0 atom stereocenters. The van der Waals surface area contributed by atoms with Crippen molar-refractivity contribution in [2.45, 2.75) is 24.2 Å². The standard InChI is InChI=1S/C22H24N6O2S2/c1-13-3-5-15-17(9-13)27-21(25-15)31-11-19(29)23-7-8-24-20(30)12-32-22-26-16-6-4-14(2)10-18(16)28-22/h3-6,9-10H,7-8,11-12H2,1-2H3,(H,23,29)(H,24,30)(H,25,27)(H,26,28). The number of rotatable bonds is 9. The fourth-order valence-electron chi connectivity index (χ4n) is 3.11. The van der Waals surface area contributed by atoms with Gasteiger partial charge in [-0.25, -0.2) is 9.97 Å². The molecule has 4 aromatic rings. The van der Waals surface area contributed by atoms with Crippen LogP contribution < -0.4 is 10.6 Å². The predicted octanol–water partition coefficient (Wildman–Crippen LogP) is 3.17. The van der Waals surface area contributed by atoms with E-state index in [2.05, 4.69) is 30.6 Å². The van der Waals surface area contributed by atoms with Gasteiger partial charge in [-0.3, -0.25) is 9.59 Å². The molecule has 166 valence electrons. The summed E-state index contributed by atoms with van der Waals surface area (Å²) in [4.78, 5) is 39.5. The van der Waals surface area contributed by atoms with Crippen molar-refractivity contribution in [1.29, 1.82) is 0 Å². The van der Waals surface area contributed by atoms with Gasteiger partial charge in [0.05, 0.1) is 33.6 Å². The molecule has 4 rings (SSSR count). The second kappa shape index (κ2) is 10.1. The van der Waals surface area contributed by atoms with Crippen LogP contribution in [0.15, 0.2) is 46.7 Å². The van der Waals surface area contributed by atoms with Gasteiger partial charge in [0.15, 0.2) is 10.3 Å². The molecule has 0 saturated carbocycles. The summed E-state index contributed by atoms with van der Waals surface area (Å²) >= 11 is 2.71. The van der Waals surface area contributed by atoms with Crippen LogP contribution in [0, 0.1) is 13.8 Å². The molecule has 32 heavy (non-hydrogen) atoms. The van der Waals surface area contributed by atoms with Gasteiger partial charge in [0.25, 0.3) is 0 Å². The number of carbonyl (C=O) groups is 2. The Kier molecular flexibility index (Phi) is 7.01. The molecule has 0 saturated heterocycles. The van der Waals surface area contributed by atoms with Crippen LogP contribution in [-0.2, 0) is 9.59 Å². The quantitative estimate of drug-likeness (QED) is 0.222. The van der Waals surface area contributed by atoms with Crippen molar-refractivity contribution < 1.29 is 9.59 Å². The van der Waals surface area contributed by atoms with Crippen molar-refractivity contribution in [2.75, 3.05) is 24.6 Å². The maximum absolute atomic E-state index is 12.0. The number of imidazole rings is 2. The van der Waals surface area contributed by atoms with Crippen LogP contribution in [0.25, 0.3) is 22.1 Å². The summed E-state index contributed by atoms with van der Waals surface area (Å²) in [6.07, 6.45) is 0. The van der Waals surface area contributed by atoms with E-state index in [4.69, 9.17) is 0 Å². The van der Waals surface area contributed by atoms with Crippen molar-refractivity contribution in [1.82, 2.24) is 30.6 Å². The van der Waals surface area contributed by atoms with Gasteiger partial charge < -0.3 is 20.6 Å². The van der Waals surface area contributed by atoms with E-state index in [9.17, 15) is 9.59 Å². The first kappa shape index (κ1) is 22.2. The average Bonchev–Trinajstić information content (AvgIpc) is 3.36. The molecule has 2 amide bonds. The highest BCUT2D eigenvalue weighted by molar-refractivity contribution is 8.00. The summed E-state index contributed by atoms with van der Waals surface area (Å²) < 4.78 is 0. The number of fused-ring (bicyclic) bond motifs is 2. The van der Waals surface area contributed by atoms with Gasteiger partial charge in [-0.15, -0.1) is 0 Å². The lowest BCUT2D eigenvalue weighted by atomic mass is 10.2. The highest BCUT2D eigenvalue weighted by Crippen LogP contribution is 2.21. The third-order valence-corrected chi connectivity index (χ3v) is 6.43. The first-order chi connectivity index (χ1) is 15.5. The molecule has 2 heterocycles. The number of amides is 2. The second-order valence-corrected chi connectivity index (χ2v) is 9.33. The van der Waals surface area contributed by atoms with E-state index in [-0.39, 0.29) is 23.3 Å². The van der Waals surface area contributed by atoms with E-state index < -0.39 is 0 Å². The Morgan fingerprint density at radius 2 is 1.22 bits per heavy atom. The molecule has 0 fully saturated rings. The molecule has 0 unspecified atom stereocenters. The second-order valence-electron chi connectivity index (χ2n) is 7.40. The normalized spacial score (nSPS) is 11.2. The van der Waals surface area contributed by atoms with E-state index in [0.29, 0.717) is 23.4 Å². The largest absolute Gasteiger partial charge is 0.354 e. The van der Waals surface area contributed by atoms with Gasteiger partial charge in [-0.2, -0.15) is 0 Å². The number of hydrogen-bond acceptors (Lipinski definition) is 6. The van der Waals surface area contributed by atoms with Crippen LogP contribution in [0.1, 0.15) is 11.1 Å². The number of aromatic amines is 2. The van der Waals surface area contributed by atoms with Crippen molar-refractivity contribution in [3.8, 4) is 0 Å².